The molecule has 1 aromatic carbocycles. The van der Waals surface area contributed by atoms with Crippen LogP contribution in [0.3, 0.4) is 0 Å². The van der Waals surface area contributed by atoms with Crippen LogP contribution in [-0.2, 0) is 10.0 Å². The van der Waals surface area contributed by atoms with E-state index < -0.39 is 16.1 Å². The lowest BCUT2D eigenvalue weighted by Gasteiger charge is -2.11. The molecule has 7 heteroatoms. The smallest absolute Gasteiger partial charge is 0.207 e. The second kappa shape index (κ2) is 6.53. The first-order chi connectivity index (χ1) is 8.40. The molecule has 98 valence electrons. The standard InChI is InChI=1S/C11H12BrClN2O2S/c1-2-3-8(7-14)15-18(16,17)9-4-5-11(13)10(12)6-9/h4-6,8,15H,2-3H2,1H3. The molecule has 1 atom stereocenters. The maximum absolute atomic E-state index is 12.0. The van der Waals surface area contributed by atoms with E-state index in [4.69, 9.17) is 16.9 Å². The van der Waals surface area contributed by atoms with Crippen molar-refractivity contribution in [3.63, 3.8) is 0 Å². The number of rotatable bonds is 5. The number of nitriles is 1. The Morgan fingerprint density at radius 1 is 1.56 bits per heavy atom. The predicted octanol–water partition coefficient (Wildman–Crippen LogP) is 3.07. The highest BCUT2D eigenvalue weighted by Crippen LogP contribution is 2.25. The molecule has 1 unspecified atom stereocenters. The monoisotopic (exact) mass is 350 g/mol. The summed E-state index contributed by atoms with van der Waals surface area (Å²) in [6.07, 6.45) is 1.20. The molecule has 1 rings (SSSR count). The van der Waals surface area contributed by atoms with Gasteiger partial charge in [-0.25, -0.2) is 8.42 Å². The Morgan fingerprint density at radius 2 is 2.22 bits per heavy atom. The first-order valence-electron chi connectivity index (χ1n) is 5.27. The molecule has 0 saturated carbocycles. The lowest BCUT2D eigenvalue weighted by Crippen LogP contribution is -2.33. The summed E-state index contributed by atoms with van der Waals surface area (Å²) in [5, 5.41) is 9.29. The van der Waals surface area contributed by atoms with Crippen molar-refractivity contribution in [1.29, 1.82) is 5.26 Å². The lowest BCUT2D eigenvalue weighted by molar-refractivity contribution is 0.563. The van der Waals surface area contributed by atoms with Gasteiger partial charge in [-0.05, 0) is 40.5 Å². The van der Waals surface area contributed by atoms with Crippen LogP contribution in [0, 0.1) is 11.3 Å². The van der Waals surface area contributed by atoms with Crippen molar-refractivity contribution < 1.29 is 8.42 Å². The van der Waals surface area contributed by atoms with Crippen molar-refractivity contribution in [2.24, 2.45) is 0 Å². The third-order valence-electron chi connectivity index (χ3n) is 2.23. The van der Waals surface area contributed by atoms with Gasteiger partial charge in [-0.2, -0.15) is 9.98 Å². The number of halogens is 2. The van der Waals surface area contributed by atoms with E-state index in [1.807, 2.05) is 13.0 Å². The van der Waals surface area contributed by atoms with Crippen molar-refractivity contribution >= 4 is 37.6 Å². The molecule has 0 heterocycles. The number of nitrogens with zero attached hydrogens (tertiary/aromatic N) is 1. The molecular formula is C11H12BrClN2O2S. The average Bonchev–Trinajstić information content (AvgIpc) is 2.31. The summed E-state index contributed by atoms with van der Waals surface area (Å²) >= 11 is 8.96. The summed E-state index contributed by atoms with van der Waals surface area (Å²) in [6, 6.07) is 5.51. The van der Waals surface area contributed by atoms with Crippen LogP contribution >= 0.6 is 27.5 Å². The van der Waals surface area contributed by atoms with E-state index >= 15 is 0 Å². The van der Waals surface area contributed by atoms with Gasteiger partial charge in [0, 0.05) is 4.47 Å². The molecule has 0 saturated heterocycles. The van der Waals surface area contributed by atoms with E-state index in [9.17, 15) is 8.42 Å². The van der Waals surface area contributed by atoms with Crippen LogP contribution in [0.1, 0.15) is 19.8 Å². The molecule has 1 N–H and O–H groups in total. The van der Waals surface area contributed by atoms with Crippen LogP contribution in [-0.4, -0.2) is 14.5 Å². The van der Waals surface area contributed by atoms with Crippen molar-refractivity contribution in [2.45, 2.75) is 30.7 Å². The summed E-state index contributed by atoms with van der Waals surface area (Å²) < 4.78 is 26.9. The number of benzene rings is 1. The third kappa shape index (κ3) is 3.95. The minimum atomic E-state index is -3.69. The molecule has 4 nitrogen and oxygen atoms in total. The summed E-state index contributed by atoms with van der Waals surface area (Å²) in [5.74, 6) is 0. The second-order valence-corrected chi connectivity index (χ2v) is 6.64. The van der Waals surface area contributed by atoms with E-state index in [0.717, 1.165) is 6.42 Å². The highest BCUT2D eigenvalue weighted by molar-refractivity contribution is 9.10. The summed E-state index contributed by atoms with van der Waals surface area (Å²) in [7, 11) is -3.69. The third-order valence-corrected chi connectivity index (χ3v) is 4.92. The van der Waals surface area contributed by atoms with E-state index in [1.165, 1.54) is 18.2 Å². The van der Waals surface area contributed by atoms with Crippen molar-refractivity contribution in [3.05, 3.63) is 27.7 Å². The average molecular weight is 352 g/mol. The summed E-state index contributed by atoms with van der Waals surface area (Å²) in [4.78, 5) is 0.0788. The minimum Gasteiger partial charge on any atom is -0.207 e. The van der Waals surface area contributed by atoms with E-state index in [0.29, 0.717) is 15.9 Å². The second-order valence-electron chi connectivity index (χ2n) is 3.67. The zero-order valence-corrected chi connectivity index (χ0v) is 12.8. The maximum Gasteiger partial charge on any atom is 0.241 e. The highest BCUT2D eigenvalue weighted by Gasteiger charge is 2.19. The van der Waals surface area contributed by atoms with Gasteiger partial charge in [-0.15, -0.1) is 0 Å². The molecule has 0 spiro atoms. The van der Waals surface area contributed by atoms with Crippen LogP contribution in [0.15, 0.2) is 27.6 Å². The first kappa shape index (κ1) is 15.4. The van der Waals surface area contributed by atoms with Gasteiger partial charge in [-0.1, -0.05) is 24.9 Å². The minimum absolute atomic E-state index is 0.0788. The van der Waals surface area contributed by atoms with Gasteiger partial charge in [0.25, 0.3) is 0 Å². The fourth-order valence-electron chi connectivity index (χ4n) is 1.34. The van der Waals surface area contributed by atoms with Gasteiger partial charge in [0.1, 0.15) is 6.04 Å². The Balaban J connectivity index is 2.99. The van der Waals surface area contributed by atoms with Crippen LogP contribution in [0.2, 0.25) is 5.02 Å². The number of sulfonamides is 1. The molecule has 0 aromatic heterocycles. The van der Waals surface area contributed by atoms with Crippen molar-refractivity contribution in [2.75, 3.05) is 0 Å². The quantitative estimate of drug-likeness (QED) is 0.886. The van der Waals surface area contributed by atoms with Crippen molar-refractivity contribution in [1.82, 2.24) is 4.72 Å². The van der Waals surface area contributed by atoms with Gasteiger partial charge in [0.05, 0.1) is 16.0 Å². The molecule has 0 aliphatic rings. The SMILES string of the molecule is CCCC(C#N)NS(=O)(=O)c1ccc(Cl)c(Br)c1. The van der Waals surface area contributed by atoms with Gasteiger partial charge in [0.2, 0.25) is 10.0 Å². The molecule has 0 aliphatic carbocycles. The normalized spacial score (nSPS) is 13.0. The Hall–Kier alpha value is -0.610. The fraction of sp³-hybridized carbons (Fsp3) is 0.364. The molecule has 0 fully saturated rings. The molecule has 18 heavy (non-hydrogen) atoms. The van der Waals surface area contributed by atoms with Crippen molar-refractivity contribution in [3.8, 4) is 6.07 Å². The Labute approximate surface area is 120 Å². The zero-order chi connectivity index (χ0) is 13.8. The molecule has 0 bridgehead atoms. The number of nitrogens with one attached hydrogen (secondary N) is 1. The van der Waals surface area contributed by atoms with Gasteiger partial charge in [0.15, 0.2) is 0 Å². The predicted molar refractivity (Wildman–Crippen MR) is 73.8 cm³/mol. The van der Waals surface area contributed by atoms with Gasteiger partial charge in [-0.3, -0.25) is 0 Å². The van der Waals surface area contributed by atoms with E-state index in [1.54, 1.807) is 0 Å². The van der Waals surface area contributed by atoms with Gasteiger partial charge < -0.3 is 0 Å². The van der Waals surface area contributed by atoms with E-state index in [2.05, 4.69) is 20.7 Å². The van der Waals surface area contributed by atoms with Gasteiger partial charge >= 0.3 is 0 Å². The molecule has 0 radical (unpaired) electrons. The number of hydrogen-bond acceptors (Lipinski definition) is 3. The first-order valence-corrected chi connectivity index (χ1v) is 7.93. The Morgan fingerprint density at radius 3 is 2.72 bits per heavy atom. The molecule has 0 aliphatic heterocycles. The largest absolute Gasteiger partial charge is 0.241 e. The Bertz CT molecular complexity index is 569. The zero-order valence-electron chi connectivity index (χ0n) is 9.65. The summed E-state index contributed by atoms with van der Waals surface area (Å²) in [5.41, 5.74) is 0. The van der Waals surface area contributed by atoms with Crippen LogP contribution in [0.4, 0.5) is 0 Å². The van der Waals surface area contributed by atoms with Crippen LogP contribution in [0.25, 0.3) is 0 Å². The lowest BCUT2D eigenvalue weighted by atomic mass is 10.2. The fourth-order valence-corrected chi connectivity index (χ4v) is 3.19. The molecular weight excluding hydrogens is 340 g/mol. The summed E-state index contributed by atoms with van der Waals surface area (Å²) in [6.45, 7) is 1.89. The van der Waals surface area contributed by atoms with Crippen LogP contribution in [0.5, 0.6) is 0 Å². The maximum atomic E-state index is 12.0. The Kier molecular flexibility index (Phi) is 5.60. The molecule has 1 aromatic rings. The van der Waals surface area contributed by atoms with Crippen LogP contribution < -0.4 is 4.72 Å². The van der Waals surface area contributed by atoms with E-state index in [-0.39, 0.29) is 4.90 Å². The topological polar surface area (TPSA) is 70.0 Å². The highest BCUT2D eigenvalue weighted by atomic mass is 79.9. The molecule has 0 amide bonds. The number of hydrogen-bond donors (Lipinski definition) is 1.